The third-order valence-corrected chi connectivity index (χ3v) is 6.97. The average molecular weight is 390 g/mol. The van der Waals surface area contributed by atoms with Gasteiger partial charge in [-0.3, -0.25) is 0 Å². The maximum absolute atomic E-state index is 6.15. The molecule has 1 nitrogen and oxygen atoms in total. The molecule has 2 bridgehead atoms. The SMILES string of the molecule is Clc1ccc(Cc2ccc3c(c2)CNCC2CC=C[C@H](C2)S3)cc1Cl. The number of rotatable bonds is 2. The van der Waals surface area contributed by atoms with E-state index in [2.05, 4.69) is 41.7 Å². The van der Waals surface area contributed by atoms with Crippen LogP contribution in [0.15, 0.2) is 53.4 Å². The molecule has 0 radical (unpaired) electrons. The summed E-state index contributed by atoms with van der Waals surface area (Å²) in [6, 6.07) is 12.8. The number of fused-ring (bicyclic) bond motifs is 3. The minimum Gasteiger partial charge on any atom is -0.312 e. The minimum absolute atomic E-state index is 0.610. The first kappa shape index (κ1) is 17.5. The number of hydrogen-bond donors (Lipinski definition) is 1. The molecular weight excluding hydrogens is 369 g/mol. The summed E-state index contributed by atoms with van der Waals surface area (Å²) in [4.78, 5) is 1.41. The zero-order chi connectivity index (χ0) is 17.2. The van der Waals surface area contributed by atoms with E-state index in [0.29, 0.717) is 15.3 Å². The van der Waals surface area contributed by atoms with Crippen LogP contribution in [0.5, 0.6) is 0 Å². The molecule has 2 atom stereocenters. The van der Waals surface area contributed by atoms with Crippen molar-refractivity contribution in [3.63, 3.8) is 0 Å². The third-order valence-electron chi connectivity index (χ3n) is 4.93. The maximum Gasteiger partial charge on any atom is 0.0595 e. The molecule has 1 N–H and O–H groups in total. The van der Waals surface area contributed by atoms with Crippen LogP contribution in [0.1, 0.15) is 29.5 Å². The molecule has 2 aromatic rings. The van der Waals surface area contributed by atoms with Crippen LogP contribution >= 0.6 is 35.0 Å². The second kappa shape index (κ2) is 7.75. The van der Waals surface area contributed by atoms with Gasteiger partial charge in [0.15, 0.2) is 0 Å². The van der Waals surface area contributed by atoms with Crippen LogP contribution in [0, 0.1) is 5.92 Å². The van der Waals surface area contributed by atoms with E-state index in [9.17, 15) is 0 Å². The molecule has 0 spiro atoms. The molecule has 1 aliphatic heterocycles. The van der Waals surface area contributed by atoms with Crippen LogP contribution < -0.4 is 5.32 Å². The van der Waals surface area contributed by atoms with Crippen LogP contribution in [0.25, 0.3) is 0 Å². The predicted octanol–water partition coefficient (Wildman–Crippen LogP) is 6.11. The van der Waals surface area contributed by atoms with Gasteiger partial charge in [-0.15, -0.1) is 11.8 Å². The van der Waals surface area contributed by atoms with E-state index in [-0.39, 0.29) is 0 Å². The van der Waals surface area contributed by atoms with E-state index >= 15 is 0 Å². The number of halogens is 2. The highest BCUT2D eigenvalue weighted by molar-refractivity contribution is 8.00. The molecule has 2 aliphatic rings. The Morgan fingerprint density at radius 3 is 2.76 bits per heavy atom. The van der Waals surface area contributed by atoms with Gasteiger partial charge in [0.25, 0.3) is 0 Å². The van der Waals surface area contributed by atoms with Gasteiger partial charge in [-0.25, -0.2) is 0 Å². The van der Waals surface area contributed by atoms with Crippen LogP contribution in [-0.2, 0) is 13.0 Å². The Morgan fingerprint density at radius 1 is 1.04 bits per heavy atom. The van der Waals surface area contributed by atoms with Crippen molar-refractivity contribution in [2.45, 2.75) is 36.0 Å². The van der Waals surface area contributed by atoms with Crippen molar-refractivity contribution in [3.05, 3.63) is 75.3 Å². The molecular formula is C21H21Cl2NS. The average Bonchev–Trinajstić information content (AvgIpc) is 2.65. The van der Waals surface area contributed by atoms with Crippen molar-refractivity contribution in [1.82, 2.24) is 5.32 Å². The standard InChI is InChI=1S/C21H21Cl2NS/c22-19-6-4-15(11-20(19)23)8-14-5-7-21-17(9-14)13-24-12-16-2-1-3-18(10-16)25-21/h1,3-7,9,11,16,18,24H,2,8,10,12-13H2/t16?,18-/m1/s1. The largest absolute Gasteiger partial charge is 0.312 e. The fraction of sp³-hybridized carbons (Fsp3) is 0.333. The zero-order valence-electron chi connectivity index (χ0n) is 14.0. The summed E-state index contributed by atoms with van der Waals surface area (Å²) in [7, 11) is 0. The number of nitrogens with one attached hydrogen (secondary N) is 1. The lowest BCUT2D eigenvalue weighted by molar-refractivity contribution is 0.446. The Hall–Kier alpha value is -0.930. The molecule has 130 valence electrons. The third kappa shape index (κ3) is 4.25. The summed E-state index contributed by atoms with van der Waals surface area (Å²) in [5.74, 6) is 0.771. The lowest BCUT2D eigenvalue weighted by Gasteiger charge is -2.23. The first-order valence-electron chi connectivity index (χ1n) is 8.77. The lowest BCUT2D eigenvalue weighted by atomic mass is 9.94. The van der Waals surface area contributed by atoms with Gasteiger partial charge >= 0.3 is 0 Å². The summed E-state index contributed by atoms with van der Waals surface area (Å²) < 4.78 is 0. The van der Waals surface area contributed by atoms with Crippen LogP contribution in [0.4, 0.5) is 0 Å². The van der Waals surface area contributed by atoms with Gasteiger partial charge < -0.3 is 5.32 Å². The highest BCUT2D eigenvalue weighted by atomic mass is 35.5. The Bertz CT molecular complexity index is 802. The van der Waals surface area contributed by atoms with E-state index < -0.39 is 0 Å². The topological polar surface area (TPSA) is 12.0 Å². The van der Waals surface area contributed by atoms with Crippen molar-refractivity contribution >= 4 is 35.0 Å². The van der Waals surface area contributed by atoms with E-state index in [1.165, 1.54) is 34.4 Å². The van der Waals surface area contributed by atoms with Gasteiger partial charge in [-0.2, -0.15) is 0 Å². The quantitative estimate of drug-likeness (QED) is 0.621. The van der Waals surface area contributed by atoms with E-state index in [4.69, 9.17) is 23.2 Å². The van der Waals surface area contributed by atoms with Crippen molar-refractivity contribution in [3.8, 4) is 0 Å². The van der Waals surface area contributed by atoms with Crippen LogP contribution in [0.3, 0.4) is 0 Å². The Balaban J connectivity index is 1.57. The first-order chi connectivity index (χ1) is 12.2. The molecule has 4 heteroatoms. The minimum atomic E-state index is 0.610. The van der Waals surface area contributed by atoms with Gasteiger partial charge in [0.2, 0.25) is 0 Å². The summed E-state index contributed by atoms with van der Waals surface area (Å²) in [5, 5.41) is 5.50. The highest BCUT2D eigenvalue weighted by Crippen LogP contribution is 2.36. The molecule has 2 aromatic carbocycles. The molecule has 4 rings (SSSR count). The lowest BCUT2D eigenvalue weighted by Crippen LogP contribution is -2.24. The summed E-state index contributed by atoms with van der Waals surface area (Å²) in [6.07, 6.45) is 8.11. The normalized spacial score (nSPS) is 22.6. The van der Waals surface area contributed by atoms with Gasteiger partial charge in [0.1, 0.15) is 0 Å². The molecule has 1 aliphatic carbocycles. The zero-order valence-corrected chi connectivity index (χ0v) is 16.3. The smallest absolute Gasteiger partial charge is 0.0595 e. The molecule has 0 aromatic heterocycles. The molecule has 25 heavy (non-hydrogen) atoms. The molecule has 0 saturated heterocycles. The maximum atomic E-state index is 6.15. The van der Waals surface area contributed by atoms with Gasteiger partial charge in [0, 0.05) is 16.7 Å². The number of hydrogen-bond acceptors (Lipinski definition) is 2. The molecule has 0 saturated carbocycles. The second-order valence-corrected chi connectivity index (χ2v) is 9.02. The summed E-state index contributed by atoms with van der Waals surface area (Å²) in [6.45, 7) is 2.05. The second-order valence-electron chi connectivity index (χ2n) is 6.92. The van der Waals surface area contributed by atoms with E-state index in [1.807, 2.05) is 23.9 Å². The van der Waals surface area contributed by atoms with E-state index in [0.717, 1.165) is 25.4 Å². The fourth-order valence-electron chi connectivity index (χ4n) is 3.64. The Kier molecular flexibility index (Phi) is 5.42. The summed E-state index contributed by atoms with van der Waals surface area (Å²) in [5.41, 5.74) is 3.91. The number of benzene rings is 2. The van der Waals surface area contributed by atoms with Crippen molar-refractivity contribution in [1.29, 1.82) is 0 Å². The molecule has 1 unspecified atom stereocenters. The number of allylic oxidation sites excluding steroid dienone is 1. The predicted molar refractivity (Wildman–Crippen MR) is 109 cm³/mol. The first-order valence-corrected chi connectivity index (χ1v) is 10.4. The van der Waals surface area contributed by atoms with Crippen LogP contribution in [-0.4, -0.2) is 11.8 Å². The van der Waals surface area contributed by atoms with Crippen molar-refractivity contribution in [2.24, 2.45) is 5.92 Å². The monoisotopic (exact) mass is 389 g/mol. The molecule has 0 amide bonds. The van der Waals surface area contributed by atoms with Crippen molar-refractivity contribution < 1.29 is 0 Å². The molecule has 0 fully saturated rings. The van der Waals surface area contributed by atoms with E-state index in [1.54, 1.807) is 0 Å². The number of thioether (sulfide) groups is 1. The van der Waals surface area contributed by atoms with Gasteiger partial charge in [-0.05, 0) is 66.6 Å². The highest BCUT2D eigenvalue weighted by Gasteiger charge is 2.21. The van der Waals surface area contributed by atoms with Crippen LogP contribution in [0.2, 0.25) is 10.0 Å². The molecule has 1 heterocycles. The Labute approximate surface area is 163 Å². The summed E-state index contributed by atoms with van der Waals surface area (Å²) >= 11 is 14.2. The van der Waals surface area contributed by atoms with Crippen molar-refractivity contribution in [2.75, 3.05) is 6.54 Å². The fourth-order valence-corrected chi connectivity index (χ4v) is 5.27. The Morgan fingerprint density at radius 2 is 1.88 bits per heavy atom. The van der Waals surface area contributed by atoms with Gasteiger partial charge in [0.05, 0.1) is 10.0 Å². The van der Waals surface area contributed by atoms with Gasteiger partial charge in [-0.1, -0.05) is 53.6 Å².